The molecule has 5 heteroatoms. The third-order valence-corrected chi connectivity index (χ3v) is 4.32. The molecule has 0 aliphatic carbocycles. The van der Waals surface area contributed by atoms with E-state index in [0.717, 1.165) is 30.4 Å². The first-order valence-corrected chi connectivity index (χ1v) is 8.64. The summed E-state index contributed by atoms with van der Waals surface area (Å²) in [5.41, 5.74) is 1.15. The normalized spacial score (nSPS) is 18.9. The lowest BCUT2D eigenvalue weighted by Gasteiger charge is -2.17. The average Bonchev–Trinajstić information content (AvgIpc) is 3.04. The first-order chi connectivity index (χ1) is 11.3. The molecule has 2 rings (SSSR count). The van der Waals surface area contributed by atoms with Crippen LogP contribution in [0.2, 0.25) is 0 Å². The number of rotatable bonds is 7. The van der Waals surface area contributed by atoms with E-state index in [1.807, 2.05) is 32.2 Å². The van der Waals surface area contributed by atoms with Crippen molar-refractivity contribution >= 4 is 5.96 Å². The molecular weight excluding hydrogens is 288 g/mol. The molecule has 0 amide bonds. The Kier molecular flexibility index (Phi) is 7.20. The predicted octanol–water partition coefficient (Wildman–Crippen LogP) is 2.09. The van der Waals surface area contributed by atoms with E-state index >= 15 is 0 Å². The Labute approximate surface area is 140 Å². The molecule has 1 aromatic carbocycles. The predicted molar refractivity (Wildman–Crippen MR) is 96.0 cm³/mol. The molecule has 1 aromatic rings. The van der Waals surface area contributed by atoms with Crippen molar-refractivity contribution in [1.29, 1.82) is 0 Å². The third-order valence-electron chi connectivity index (χ3n) is 4.32. The Morgan fingerprint density at radius 3 is 2.83 bits per heavy atom. The summed E-state index contributed by atoms with van der Waals surface area (Å²) >= 11 is 0. The summed E-state index contributed by atoms with van der Waals surface area (Å²) in [6, 6.07) is 8.13. The van der Waals surface area contributed by atoms with Crippen LogP contribution in [-0.4, -0.2) is 50.7 Å². The van der Waals surface area contributed by atoms with Crippen molar-refractivity contribution < 1.29 is 4.74 Å². The van der Waals surface area contributed by atoms with Gasteiger partial charge in [-0.05, 0) is 38.4 Å². The Hall–Kier alpha value is -1.75. The van der Waals surface area contributed by atoms with Gasteiger partial charge in [0.25, 0.3) is 0 Å². The zero-order valence-corrected chi connectivity index (χ0v) is 14.6. The smallest absolute Gasteiger partial charge is 0.191 e. The van der Waals surface area contributed by atoms with Gasteiger partial charge in [-0.15, -0.1) is 0 Å². The lowest BCUT2D eigenvalue weighted by Crippen LogP contribution is -2.40. The van der Waals surface area contributed by atoms with Crippen molar-refractivity contribution in [2.24, 2.45) is 10.9 Å². The SMILES string of the molecule is CCOc1ccccc1CNC(=NC)NCC1CCN(CC)C1. The molecule has 128 valence electrons. The molecule has 2 N–H and O–H groups in total. The van der Waals surface area contributed by atoms with Gasteiger partial charge in [-0.3, -0.25) is 4.99 Å². The minimum absolute atomic E-state index is 0.680. The maximum Gasteiger partial charge on any atom is 0.191 e. The van der Waals surface area contributed by atoms with Crippen molar-refractivity contribution in [2.45, 2.75) is 26.8 Å². The van der Waals surface area contributed by atoms with Crippen LogP contribution in [0, 0.1) is 5.92 Å². The highest BCUT2D eigenvalue weighted by atomic mass is 16.5. The Balaban J connectivity index is 1.79. The van der Waals surface area contributed by atoms with Crippen molar-refractivity contribution in [3.8, 4) is 5.75 Å². The number of guanidine groups is 1. The van der Waals surface area contributed by atoms with E-state index in [1.54, 1.807) is 0 Å². The monoisotopic (exact) mass is 318 g/mol. The minimum atomic E-state index is 0.680. The summed E-state index contributed by atoms with van der Waals surface area (Å²) in [6.45, 7) is 10.2. The number of benzene rings is 1. The molecule has 5 nitrogen and oxygen atoms in total. The molecule has 1 aliphatic heterocycles. The number of hydrogen-bond donors (Lipinski definition) is 2. The van der Waals surface area contributed by atoms with Crippen LogP contribution in [0.1, 0.15) is 25.8 Å². The van der Waals surface area contributed by atoms with Crippen molar-refractivity contribution in [3.63, 3.8) is 0 Å². The molecule has 23 heavy (non-hydrogen) atoms. The van der Waals surface area contributed by atoms with E-state index in [0.29, 0.717) is 19.1 Å². The number of hydrogen-bond acceptors (Lipinski definition) is 3. The number of nitrogens with one attached hydrogen (secondary N) is 2. The van der Waals surface area contributed by atoms with Crippen LogP contribution in [0.15, 0.2) is 29.3 Å². The van der Waals surface area contributed by atoms with E-state index in [-0.39, 0.29) is 0 Å². The van der Waals surface area contributed by atoms with Crippen LogP contribution in [0.4, 0.5) is 0 Å². The lowest BCUT2D eigenvalue weighted by atomic mass is 10.1. The van der Waals surface area contributed by atoms with E-state index in [9.17, 15) is 0 Å². The molecule has 1 unspecified atom stereocenters. The van der Waals surface area contributed by atoms with Crippen LogP contribution in [0.25, 0.3) is 0 Å². The van der Waals surface area contributed by atoms with Crippen LogP contribution in [0.5, 0.6) is 5.75 Å². The summed E-state index contributed by atoms with van der Waals surface area (Å²) < 4.78 is 5.66. The van der Waals surface area contributed by atoms with Crippen molar-refractivity contribution in [3.05, 3.63) is 29.8 Å². The molecule has 1 aliphatic rings. The van der Waals surface area contributed by atoms with Gasteiger partial charge < -0.3 is 20.3 Å². The highest BCUT2D eigenvalue weighted by Gasteiger charge is 2.20. The lowest BCUT2D eigenvalue weighted by molar-refractivity contribution is 0.336. The highest BCUT2D eigenvalue weighted by molar-refractivity contribution is 5.79. The molecule has 0 aromatic heterocycles. The molecule has 1 atom stereocenters. The molecule has 0 bridgehead atoms. The summed E-state index contributed by atoms with van der Waals surface area (Å²) in [5, 5.41) is 6.83. The number of likely N-dealkylation sites (tertiary alicyclic amines) is 1. The summed E-state index contributed by atoms with van der Waals surface area (Å²) in [5.74, 6) is 2.50. The topological polar surface area (TPSA) is 48.9 Å². The Morgan fingerprint density at radius 2 is 2.13 bits per heavy atom. The van der Waals surface area contributed by atoms with E-state index < -0.39 is 0 Å². The Morgan fingerprint density at radius 1 is 1.30 bits per heavy atom. The largest absolute Gasteiger partial charge is 0.494 e. The van der Waals surface area contributed by atoms with Gasteiger partial charge in [0.1, 0.15) is 5.75 Å². The molecular formula is C18H30N4O. The molecule has 1 heterocycles. The zero-order chi connectivity index (χ0) is 16.5. The van der Waals surface area contributed by atoms with Gasteiger partial charge in [-0.25, -0.2) is 0 Å². The fourth-order valence-electron chi connectivity index (χ4n) is 2.95. The summed E-state index contributed by atoms with van der Waals surface area (Å²) in [7, 11) is 1.82. The maximum absolute atomic E-state index is 5.66. The van der Waals surface area contributed by atoms with Gasteiger partial charge in [-0.2, -0.15) is 0 Å². The van der Waals surface area contributed by atoms with Crippen molar-refractivity contribution in [2.75, 3.05) is 39.8 Å². The van der Waals surface area contributed by atoms with Gasteiger partial charge in [0.2, 0.25) is 0 Å². The number of nitrogens with zero attached hydrogens (tertiary/aromatic N) is 2. The quantitative estimate of drug-likeness (QED) is 0.597. The highest BCUT2D eigenvalue weighted by Crippen LogP contribution is 2.17. The van der Waals surface area contributed by atoms with E-state index in [1.165, 1.54) is 19.5 Å². The zero-order valence-electron chi connectivity index (χ0n) is 14.6. The van der Waals surface area contributed by atoms with Gasteiger partial charge in [0.05, 0.1) is 6.61 Å². The third kappa shape index (κ3) is 5.43. The first kappa shape index (κ1) is 17.6. The number of para-hydroxylation sites is 1. The minimum Gasteiger partial charge on any atom is -0.494 e. The van der Waals surface area contributed by atoms with Crippen LogP contribution < -0.4 is 15.4 Å². The molecule has 0 radical (unpaired) electrons. The fourth-order valence-corrected chi connectivity index (χ4v) is 2.95. The van der Waals surface area contributed by atoms with Gasteiger partial charge in [-0.1, -0.05) is 25.1 Å². The van der Waals surface area contributed by atoms with Gasteiger partial charge in [0, 0.05) is 32.2 Å². The van der Waals surface area contributed by atoms with Crippen molar-refractivity contribution in [1.82, 2.24) is 15.5 Å². The maximum atomic E-state index is 5.66. The summed E-state index contributed by atoms with van der Waals surface area (Å²) in [6.07, 6.45) is 1.27. The van der Waals surface area contributed by atoms with Gasteiger partial charge >= 0.3 is 0 Å². The Bertz CT molecular complexity index is 504. The fraction of sp³-hybridized carbons (Fsp3) is 0.611. The second-order valence-electron chi connectivity index (χ2n) is 5.90. The van der Waals surface area contributed by atoms with E-state index in [4.69, 9.17) is 4.74 Å². The van der Waals surface area contributed by atoms with Gasteiger partial charge in [0.15, 0.2) is 5.96 Å². The molecule has 1 fully saturated rings. The molecule has 1 saturated heterocycles. The second-order valence-corrected chi connectivity index (χ2v) is 5.90. The standard InChI is InChI=1S/C18H30N4O/c1-4-22-11-10-15(14-22)12-20-18(19-3)21-13-16-8-6-7-9-17(16)23-5-2/h6-9,15H,4-5,10-14H2,1-3H3,(H2,19,20,21). The average molecular weight is 318 g/mol. The second kappa shape index (κ2) is 9.40. The number of ether oxygens (including phenoxy) is 1. The molecule has 0 spiro atoms. The number of aliphatic imine (C=N–C) groups is 1. The van der Waals surface area contributed by atoms with Crippen LogP contribution in [0.3, 0.4) is 0 Å². The van der Waals surface area contributed by atoms with E-state index in [2.05, 4.69) is 33.5 Å². The molecule has 0 saturated carbocycles. The van der Waals surface area contributed by atoms with Crippen LogP contribution in [-0.2, 0) is 6.54 Å². The summed E-state index contributed by atoms with van der Waals surface area (Å²) in [4.78, 5) is 6.82. The first-order valence-electron chi connectivity index (χ1n) is 8.64. The van der Waals surface area contributed by atoms with Crippen LogP contribution >= 0.6 is 0 Å².